The van der Waals surface area contributed by atoms with E-state index in [1.54, 1.807) is 31.6 Å². The van der Waals surface area contributed by atoms with E-state index in [9.17, 15) is 9.59 Å². The molecule has 5 rings (SSSR count). The SMILES string of the molecule is CCOC(=O)c1cn(C2CC2)c2c(OC)c(-c3cc4c(s3)C(N)CCC4)ccc2c1=O. The molecule has 2 aliphatic rings. The fraction of sp³-hybridized carbons (Fsp3) is 0.417. The third-order valence-electron chi connectivity index (χ3n) is 6.19. The Balaban J connectivity index is 1.74. The van der Waals surface area contributed by atoms with Gasteiger partial charge in [0.1, 0.15) is 5.56 Å². The summed E-state index contributed by atoms with van der Waals surface area (Å²) in [5.74, 6) is 0.0934. The average Bonchev–Trinajstić information content (AvgIpc) is 3.51. The first-order chi connectivity index (χ1) is 15.0. The molecule has 162 valence electrons. The molecule has 0 saturated heterocycles. The van der Waals surface area contributed by atoms with Crippen LogP contribution in [0.3, 0.4) is 0 Å². The van der Waals surface area contributed by atoms with Crippen molar-refractivity contribution in [2.75, 3.05) is 13.7 Å². The van der Waals surface area contributed by atoms with Gasteiger partial charge in [-0.2, -0.15) is 0 Å². The van der Waals surface area contributed by atoms with Gasteiger partial charge in [0.15, 0.2) is 5.75 Å². The minimum absolute atomic E-state index is 0.0774. The minimum atomic E-state index is -0.577. The van der Waals surface area contributed by atoms with Crippen LogP contribution in [-0.2, 0) is 11.2 Å². The molecule has 7 heteroatoms. The van der Waals surface area contributed by atoms with E-state index in [0.29, 0.717) is 11.1 Å². The highest BCUT2D eigenvalue weighted by atomic mass is 32.1. The van der Waals surface area contributed by atoms with Gasteiger partial charge in [0.05, 0.1) is 24.6 Å². The zero-order valence-electron chi connectivity index (χ0n) is 17.8. The van der Waals surface area contributed by atoms with E-state index in [4.69, 9.17) is 15.2 Å². The second-order valence-corrected chi connectivity index (χ2v) is 9.36. The first kappa shape index (κ1) is 20.3. The van der Waals surface area contributed by atoms with Crippen LogP contribution in [0.5, 0.6) is 5.75 Å². The van der Waals surface area contributed by atoms with Crippen molar-refractivity contribution in [1.29, 1.82) is 0 Å². The lowest BCUT2D eigenvalue weighted by Gasteiger charge is -2.17. The second kappa shape index (κ2) is 7.80. The predicted octanol–water partition coefficient (Wildman–Crippen LogP) is 4.59. The molecule has 1 fully saturated rings. The summed E-state index contributed by atoms with van der Waals surface area (Å²) in [5, 5.41) is 0.482. The maximum Gasteiger partial charge on any atom is 0.343 e. The summed E-state index contributed by atoms with van der Waals surface area (Å²) in [6.07, 6.45) is 6.84. The molecule has 2 aromatic heterocycles. The number of methoxy groups -OCH3 is 1. The Hall–Kier alpha value is -2.64. The van der Waals surface area contributed by atoms with E-state index in [2.05, 4.69) is 6.07 Å². The lowest BCUT2D eigenvalue weighted by Crippen LogP contribution is -2.21. The van der Waals surface area contributed by atoms with Gasteiger partial charge in [-0.05, 0) is 62.8 Å². The number of nitrogens with zero attached hydrogens (tertiary/aromatic N) is 1. The summed E-state index contributed by atoms with van der Waals surface area (Å²) in [7, 11) is 1.64. The molecule has 0 aliphatic heterocycles. The van der Waals surface area contributed by atoms with Crippen molar-refractivity contribution in [1.82, 2.24) is 4.57 Å². The highest BCUT2D eigenvalue weighted by molar-refractivity contribution is 7.15. The Labute approximate surface area is 184 Å². The van der Waals surface area contributed by atoms with E-state index < -0.39 is 5.97 Å². The van der Waals surface area contributed by atoms with E-state index in [1.807, 2.05) is 16.7 Å². The predicted molar refractivity (Wildman–Crippen MR) is 122 cm³/mol. The molecule has 2 N–H and O–H groups in total. The molecule has 3 aromatic rings. The topological polar surface area (TPSA) is 83.6 Å². The normalized spacial score (nSPS) is 18.1. The molecular formula is C24H26N2O4S. The number of hydrogen-bond acceptors (Lipinski definition) is 6. The van der Waals surface area contributed by atoms with Crippen LogP contribution < -0.4 is 15.9 Å². The Morgan fingerprint density at radius 3 is 2.77 bits per heavy atom. The van der Waals surface area contributed by atoms with Crippen molar-refractivity contribution in [3.63, 3.8) is 0 Å². The van der Waals surface area contributed by atoms with Crippen molar-refractivity contribution in [2.45, 2.75) is 51.1 Å². The van der Waals surface area contributed by atoms with Crippen LogP contribution in [0.15, 0.2) is 29.2 Å². The van der Waals surface area contributed by atoms with Crippen molar-refractivity contribution >= 4 is 28.2 Å². The van der Waals surface area contributed by atoms with Gasteiger partial charge < -0.3 is 19.8 Å². The second-order valence-electron chi connectivity index (χ2n) is 8.27. The monoisotopic (exact) mass is 438 g/mol. The summed E-state index contributed by atoms with van der Waals surface area (Å²) < 4.78 is 13.1. The van der Waals surface area contributed by atoms with Crippen LogP contribution >= 0.6 is 11.3 Å². The molecular weight excluding hydrogens is 412 g/mol. The number of benzene rings is 1. The number of esters is 1. The number of aryl methyl sites for hydroxylation is 1. The number of fused-ring (bicyclic) bond motifs is 2. The molecule has 0 amide bonds. The Morgan fingerprint density at radius 2 is 2.10 bits per heavy atom. The van der Waals surface area contributed by atoms with Crippen molar-refractivity contribution < 1.29 is 14.3 Å². The highest BCUT2D eigenvalue weighted by Gasteiger charge is 2.30. The summed E-state index contributed by atoms with van der Waals surface area (Å²) in [5.41, 5.74) is 9.13. The molecule has 0 spiro atoms. The van der Waals surface area contributed by atoms with Crippen molar-refractivity contribution in [3.05, 3.63) is 50.6 Å². The first-order valence-corrected chi connectivity index (χ1v) is 11.7. The van der Waals surface area contributed by atoms with E-state index in [-0.39, 0.29) is 29.7 Å². The van der Waals surface area contributed by atoms with Crippen LogP contribution in [-0.4, -0.2) is 24.3 Å². The van der Waals surface area contributed by atoms with Crippen LogP contribution in [0.1, 0.15) is 65.5 Å². The van der Waals surface area contributed by atoms with Crippen molar-refractivity contribution in [3.8, 4) is 16.2 Å². The third kappa shape index (κ3) is 3.36. The number of rotatable bonds is 5. The summed E-state index contributed by atoms with van der Waals surface area (Å²) in [6, 6.07) is 6.30. The van der Waals surface area contributed by atoms with Crippen molar-refractivity contribution in [2.24, 2.45) is 5.73 Å². The van der Waals surface area contributed by atoms with Crippen LogP contribution in [0.4, 0.5) is 0 Å². The largest absolute Gasteiger partial charge is 0.494 e. The van der Waals surface area contributed by atoms with Gasteiger partial charge in [0, 0.05) is 33.6 Å². The van der Waals surface area contributed by atoms with Gasteiger partial charge >= 0.3 is 5.97 Å². The quantitative estimate of drug-likeness (QED) is 0.589. The summed E-state index contributed by atoms with van der Waals surface area (Å²) in [4.78, 5) is 27.9. The molecule has 0 radical (unpaired) electrons. The molecule has 2 heterocycles. The fourth-order valence-electron chi connectivity index (χ4n) is 4.54. The van der Waals surface area contributed by atoms with E-state index in [1.165, 1.54) is 10.4 Å². The molecule has 6 nitrogen and oxygen atoms in total. The number of aromatic nitrogens is 1. The number of carbonyl (C=O) groups excluding carboxylic acids is 1. The zero-order valence-corrected chi connectivity index (χ0v) is 18.6. The molecule has 1 saturated carbocycles. The van der Waals surface area contributed by atoms with E-state index in [0.717, 1.165) is 48.1 Å². The molecule has 31 heavy (non-hydrogen) atoms. The Bertz CT molecular complexity index is 1240. The number of carbonyl (C=O) groups is 1. The third-order valence-corrected chi connectivity index (χ3v) is 7.53. The van der Waals surface area contributed by atoms with Crippen LogP contribution in [0.25, 0.3) is 21.3 Å². The lowest BCUT2D eigenvalue weighted by atomic mass is 9.95. The highest BCUT2D eigenvalue weighted by Crippen LogP contribution is 2.46. The fourth-order valence-corrected chi connectivity index (χ4v) is 5.81. The van der Waals surface area contributed by atoms with Gasteiger partial charge in [-0.25, -0.2) is 4.79 Å². The molecule has 1 unspecified atom stereocenters. The van der Waals surface area contributed by atoms with Gasteiger partial charge in [0.2, 0.25) is 5.43 Å². The maximum atomic E-state index is 13.2. The molecule has 0 bridgehead atoms. The number of hydrogen-bond donors (Lipinski definition) is 1. The molecule has 2 aliphatic carbocycles. The number of thiophene rings is 1. The minimum Gasteiger partial charge on any atom is -0.494 e. The number of nitrogens with two attached hydrogens (primary N) is 1. The number of ether oxygens (including phenoxy) is 2. The summed E-state index contributed by atoms with van der Waals surface area (Å²) in [6.45, 7) is 1.97. The standard InChI is InChI=1S/C24H26N2O4S/c1-3-30-24(28)17-12-26(14-7-8-14)20-16(21(17)27)10-9-15(22(20)29-2)19-11-13-5-4-6-18(25)23(13)31-19/h9-12,14,18H,3-8,25H2,1-2H3. The Morgan fingerprint density at radius 1 is 1.29 bits per heavy atom. The summed E-state index contributed by atoms with van der Waals surface area (Å²) >= 11 is 1.72. The first-order valence-electron chi connectivity index (χ1n) is 10.8. The molecule has 1 aromatic carbocycles. The van der Waals surface area contributed by atoms with Gasteiger partial charge in [0.25, 0.3) is 0 Å². The van der Waals surface area contributed by atoms with Crippen LogP contribution in [0.2, 0.25) is 0 Å². The zero-order chi connectivity index (χ0) is 21.7. The lowest BCUT2D eigenvalue weighted by molar-refractivity contribution is 0.0524. The van der Waals surface area contributed by atoms with Gasteiger partial charge in [-0.1, -0.05) is 0 Å². The molecule has 1 atom stereocenters. The maximum absolute atomic E-state index is 13.2. The smallest absolute Gasteiger partial charge is 0.343 e. The Kier molecular flexibility index (Phi) is 5.10. The van der Waals surface area contributed by atoms with Gasteiger partial charge in [-0.15, -0.1) is 11.3 Å². The average molecular weight is 439 g/mol. The van der Waals surface area contributed by atoms with Crippen LogP contribution in [0, 0.1) is 0 Å². The van der Waals surface area contributed by atoms with E-state index >= 15 is 0 Å². The number of pyridine rings is 1. The van der Waals surface area contributed by atoms with Gasteiger partial charge in [-0.3, -0.25) is 4.79 Å².